The third-order valence-electron chi connectivity index (χ3n) is 2.84. The van der Waals surface area contributed by atoms with Gasteiger partial charge in [0.25, 0.3) is 0 Å². The minimum Gasteiger partial charge on any atom is -0.396 e. The van der Waals surface area contributed by atoms with E-state index in [1.165, 1.54) is 25.7 Å². The Labute approximate surface area is 104 Å². The van der Waals surface area contributed by atoms with E-state index < -0.39 is 0 Å². The van der Waals surface area contributed by atoms with Crippen LogP contribution in [0.3, 0.4) is 0 Å². The summed E-state index contributed by atoms with van der Waals surface area (Å²) >= 11 is 0. The fraction of sp³-hybridized carbons (Fsp3) is 0.769. The molecule has 98 valence electrons. The molecule has 1 atom stereocenters. The van der Waals surface area contributed by atoms with Crippen LogP contribution in [-0.4, -0.2) is 22.5 Å². The fourth-order valence-corrected chi connectivity index (χ4v) is 1.79. The number of nitrogen functional groups attached to an aromatic ring is 1. The van der Waals surface area contributed by atoms with Gasteiger partial charge in [-0.05, 0) is 13.3 Å². The van der Waals surface area contributed by atoms with Crippen LogP contribution in [-0.2, 0) is 11.3 Å². The van der Waals surface area contributed by atoms with E-state index in [-0.39, 0.29) is 0 Å². The van der Waals surface area contributed by atoms with Crippen LogP contribution in [0.2, 0.25) is 0 Å². The molecule has 1 rings (SSSR count). The highest BCUT2D eigenvalue weighted by molar-refractivity contribution is 5.30. The molecular weight excluding hydrogens is 214 g/mol. The molecule has 2 N–H and O–H groups in total. The van der Waals surface area contributed by atoms with Gasteiger partial charge in [-0.15, -0.1) is 0 Å². The Morgan fingerprint density at radius 1 is 1.41 bits per heavy atom. The van der Waals surface area contributed by atoms with Gasteiger partial charge in [0, 0.05) is 6.20 Å². The lowest BCUT2D eigenvalue weighted by Gasteiger charge is -2.12. The Kier molecular flexibility index (Phi) is 6.70. The number of hydrogen-bond acceptors (Lipinski definition) is 3. The van der Waals surface area contributed by atoms with E-state index in [0.29, 0.717) is 18.4 Å². The highest BCUT2D eigenvalue weighted by Crippen LogP contribution is 2.08. The zero-order valence-corrected chi connectivity index (χ0v) is 11.1. The van der Waals surface area contributed by atoms with E-state index in [9.17, 15) is 0 Å². The smallest absolute Gasteiger partial charge is 0.0719 e. The number of rotatable bonds is 9. The van der Waals surface area contributed by atoms with Crippen LogP contribution in [0.1, 0.15) is 46.0 Å². The number of nitrogens with zero attached hydrogens (tertiary/aromatic N) is 2. The summed E-state index contributed by atoms with van der Waals surface area (Å²) in [5.74, 6) is 0. The summed E-state index contributed by atoms with van der Waals surface area (Å²) in [6, 6.07) is 0. The van der Waals surface area contributed by atoms with Gasteiger partial charge < -0.3 is 10.5 Å². The van der Waals surface area contributed by atoms with Crippen molar-refractivity contribution in [2.24, 2.45) is 0 Å². The maximum Gasteiger partial charge on any atom is 0.0719 e. The number of ether oxygens (including phenoxy) is 1. The summed E-state index contributed by atoms with van der Waals surface area (Å²) in [6.07, 6.45) is 10.2. The van der Waals surface area contributed by atoms with Crippen molar-refractivity contribution in [3.8, 4) is 0 Å². The lowest BCUT2D eigenvalue weighted by atomic mass is 10.1. The Hall–Kier alpha value is -1.03. The van der Waals surface area contributed by atoms with E-state index in [4.69, 9.17) is 10.5 Å². The van der Waals surface area contributed by atoms with E-state index in [2.05, 4.69) is 18.9 Å². The quantitative estimate of drug-likeness (QED) is 0.674. The van der Waals surface area contributed by atoms with Gasteiger partial charge in [0.2, 0.25) is 0 Å². The number of unbranched alkanes of at least 4 members (excludes halogenated alkanes) is 3. The molecule has 1 aromatic heterocycles. The van der Waals surface area contributed by atoms with Crippen LogP contribution >= 0.6 is 0 Å². The molecule has 0 bridgehead atoms. The Morgan fingerprint density at radius 2 is 2.24 bits per heavy atom. The van der Waals surface area contributed by atoms with Crippen molar-refractivity contribution < 1.29 is 4.74 Å². The first-order chi connectivity index (χ1) is 8.22. The number of nitrogens with two attached hydrogens (primary N) is 1. The molecule has 0 aliphatic rings. The van der Waals surface area contributed by atoms with E-state index >= 15 is 0 Å². The molecular formula is C13H25N3O. The summed E-state index contributed by atoms with van der Waals surface area (Å²) in [6.45, 7) is 5.85. The van der Waals surface area contributed by atoms with Crippen molar-refractivity contribution in [2.75, 3.05) is 12.3 Å². The van der Waals surface area contributed by atoms with Crippen LogP contribution in [0.25, 0.3) is 0 Å². The van der Waals surface area contributed by atoms with Crippen LogP contribution < -0.4 is 5.73 Å². The first kappa shape index (κ1) is 14.0. The first-order valence-corrected chi connectivity index (χ1v) is 6.62. The maximum atomic E-state index is 5.73. The summed E-state index contributed by atoms with van der Waals surface area (Å²) in [4.78, 5) is 0. The number of hydrogen-bond donors (Lipinski definition) is 1. The van der Waals surface area contributed by atoms with Crippen molar-refractivity contribution in [3.05, 3.63) is 12.4 Å². The predicted molar refractivity (Wildman–Crippen MR) is 70.8 cm³/mol. The second-order valence-electron chi connectivity index (χ2n) is 4.57. The summed E-state index contributed by atoms with van der Waals surface area (Å²) in [5, 5.41) is 4.11. The Morgan fingerprint density at radius 3 is 2.88 bits per heavy atom. The average molecular weight is 239 g/mol. The topological polar surface area (TPSA) is 53.1 Å². The third kappa shape index (κ3) is 6.31. The summed E-state index contributed by atoms with van der Waals surface area (Å²) in [5.41, 5.74) is 6.29. The fourth-order valence-electron chi connectivity index (χ4n) is 1.79. The monoisotopic (exact) mass is 239 g/mol. The normalized spacial score (nSPS) is 12.8. The minimum absolute atomic E-state index is 0.347. The summed E-state index contributed by atoms with van der Waals surface area (Å²) < 4.78 is 7.55. The van der Waals surface area contributed by atoms with Gasteiger partial charge in [0.1, 0.15) is 0 Å². The number of aromatic nitrogens is 2. The first-order valence-electron chi connectivity index (χ1n) is 6.62. The zero-order valence-electron chi connectivity index (χ0n) is 11.1. The number of anilines is 1. The predicted octanol–water partition coefficient (Wildman–Crippen LogP) is 2.84. The molecule has 0 aromatic carbocycles. The molecule has 1 heterocycles. The lowest BCUT2D eigenvalue weighted by molar-refractivity contribution is 0.0516. The van der Waals surface area contributed by atoms with Crippen LogP contribution in [0, 0.1) is 0 Å². The van der Waals surface area contributed by atoms with Crippen molar-refractivity contribution in [1.82, 2.24) is 9.78 Å². The molecule has 0 amide bonds. The average Bonchev–Trinajstić information content (AvgIpc) is 2.71. The summed E-state index contributed by atoms with van der Waals surface area (Å²) in [7, 11) is 0. The van der Waals surface area contributed by atoms with E-state index in [0.717, 1.165) is 13.0 Å². The lowest BCUT2D eigenvalue weighted by Crippen LogP contribution is -2.13. The molecule has 4 heteroatoms. The molecule has 0 aliphatic heterocycles. The third-order valence-corrected chi connectivity index (χ3v) is 2.84. The molecule has 0 radical (unpaired) electrons. The van der Waals surface area contributed by atoms with Gasteiger partial charge in [-0.2, -0.15) is 5.10 Å². The van der Waals surface area contributed by atoms with E-state index in [1.54, 1.807) is 6.20 Å². The highest BCUT2D eigenvalue weighted by Gasteiger charge is 2.02. The SMILES string of the molecule is CCCCCCC(C)OCCn1cc(N)cn1. The second-order valence-corrected chi connectivity index (χ2v) is 4.57. The van der Waals surface area contributed by atoms with Crippen molar-refractivity contribution in [2.45, 2.75) is 58.6 Å². The van der Waals surface area contributed by atoms with Gasteiger partial charge >= 0.3 is 0 Å². The maximum absolute atomic E-state index is 5.73. The zero-order chi connectivity index (χ0) is 12.5. The Bertz CT molecular complexity index is 299. The molecule has 0 saturated carbocycles. The van der Waals surface area contributed by atoms with E-state index in [1.807, 2.05) is 10.9 Å². The Balaban J connectivity index is 2.02. The standard InChI is InChI=1S/C13H25N3O/c1-3-4-5-6-7-12(2)17-9-8-16-11-13(14)10-15-16/h10-12H,3-9,14H2,1-2H3. The molecule has 4 nitrogen and oxygen atoms in total. The molecule has 0 aliphatic carbocycles. The molecule has 1 aromatic rings. The van der Waals surface area contributed by atoms with Crippen molar-refractivity contribution in [1.29, 1.82) is 0 Å². The highest BCUT2D eigenvalue weighted by atomic mass is 16.5. The van der Waals surface area contributed by atoms with Gasteiger partial charge in [0.05, 0.1) is 31.1 Å². The van der Waals surface area contributed by atoms with Gasteiger partial charge in [-0.1, -0.05) is 32.6 Å². The molecule has 17 heavy (non-hydrogen) atoms. The van der Waals surface area contributed by atoms with Gasteiger partial charge in [0.15, 0.2) is 0 Å². The van der Waals surface area contributed by atoms with Crippen molar-refractivity contribution in [3.63, 3.8) is 0 Å². The molecule has 0 saturated heterocycles. The van der Waals surface area contributed by atoms with Gasteiger partial charge in [-0.3, -0.25) is 4.68 Å². The molecule has 1 unspecified atom stereocenters. The van der Waals surface area contributed by atoms with Gasteiger partial charge in [-0.25, -0.2) is 0 Å². The minimum atomic E-state index is 0.347. The molecule has 0 spiro atoms. The van der Waals surface area contributed by atoms with Crippen LogP contribution in [0.5, 0.6) is 0 Å². The van der Waals surface area contributed by atoms with Crippen LogP contribution in [0.15, 0.2) is 12.4 Å². The van der Waals surface area contributed by atoms with Crippen molar-refractivity contribution >= 4 is 5.69 Å². The van der Waals surface area contributed by atoms with Crippen LogP contribution in [0.4, 0.5) is 5.69 Å². The second kappa shape index (κ2) is 8.12. The largest absolute Gasteiger partial charge is 0.396 e. The molecule has 0 fully saturated rings.